The molecule has 6 heteroatoms. The summed E-state index contributed by atoms with van der Waals surface area (Å²) in [6.07, 6.45) is 4.97. The van der Waals surface area contributed by atoms with Gasteiger partial charge in [0, 0.05) is 0 Å². The Morgan fingerprint density at radius 1 is 0.559 bits per heavy atom. The molecule has 0 saturated heterocycles. The number of hydrogen-bond acceptors (Lipinski definition) is 4. The van der Waals surface area contributed by atoms with Gasteiger partial charge in [-0.15, -0.1) is 0 Å². The van der Waals surface area contributed by atoms with Crippen LogP contribution in [-0.2, 0) is 9.47 Å². The van der Waals surface area contributed by atoms with Gasteiger partial charge in [0.25, 0.3) is 0 Å². The zero-order chi connectivity index (χ0) is 24.6. The van der Waals surface area contributed by atoms with Crippen molar-refractivity contribution in [1.82, 2.24) is 0 Å². The minimum atomic E-state index is -0.0890. The van der Waals surface area contributed by atoms with E-state index in [1.807, 2.05) is 12.1 Å². The highest BCUT2D eigenvalue weighted by atomic mass is 31.1. The summed E-state index contributed by atoms with van der Waals surface area (Å²) >= 11 is 0. The molecule has 0 amide bonds. The Labute approximate surface area is 209 Å². The summed E-state index contributed by atoms with van der Waals surface area (Å²) in [6, 6.07) is 12.4. The number of fused-ring (bicyclic) bond motifs is 2. The fourth-order valence-electron chi connectivity index (χ4n) is 4.21. The molecular formula is C28H44O4P2. The smallest absolute Gasteiger partial charge is 0.161 e. The zero-order valence-corrected chi connectivity index (χ0v) is 23.9. The molecule has 1 aliphatic rings. The summed E-state index contributed by atoms with van der Waals surface area (Å²) in [5, 5.41) is 3.00. The SMILES string of the molecule is CC(C)(C)[P@]1CCOCCOc2cc3ccccc3cc2OCCOCC[P@](C(C)(C)C)CC1. The lowest BCUT2D eigenvalue weighted by molar-refractivity contribution is 0.101. The van der Waals surface area contributed by atoms with Crippen molar-refractivity contribution in [3.63, 3.8) is 0 Å². The minimum absolute atomic E-state index is 0.0890. The predicted octanol–water partition coefficient (Wildman–Crippen LogP) is 7.21. The molecule has 2 aromatic rings. The first-order valence-corrected chi connectivity index (χ1v) is 16.0. The number of benzene rings is 2. The van der Waals surface area contributed by atoms with E-state index in [4.69, 9.17) is 18.9 Å². The molecule has 0 radical (unpaired) electrons. The van der Waals surface area contributed by atoms with Gasteiger partial charge < -0.3 is 18.9 Å². The summed E-state index contributed by atoms with van der Waals surface area (Å²) in [7, 11) is -0.178. The summed E-state index contributed by atoms with van der Waals surface area (Å²) in [6.45, 7) is 18.3. The van der Waals surface area contributed by atoms with Crippen molar-refractivity contribution < 1.29 is 18.9 Å². The van der Waals surface area contributed by atoms with Crippen LogP contribution in [-0.4, -0.2) is 74.6 Å². The lowest BCUT2D eigenvalue weighted by Crippen LogP contribution is -2.23. The van der Waals surface area contributed by atoms with Crippen LogP contribution >= 0.6 is 15.8 Å². The van der Waals surface area contributed by atoms with Crippen LogP contribution in [0.3, 0.4) is 0 Å². The van der Waals surface area contributed by atoms with Crippen molar-refractivity contribution in [1.29, 1.82) is 0 Å². The topological polar surface area (TPSA) is 36.9 Å². The van der Waals surface area contributed by atoms with Crippen LogP contribution in [0.25, 0.3) is 10.8 Å². The molecule has 34 heavy (non-hydrogen) atoms. The first-order chi connectivity index (χ1) is 16.1. The maximum Gasteiger partial charge on any atom is 0.161 e. The van der Waals surface area contributed by atoms with Crippen LogP contribution < -0.4 is 9.47 Å². The molecule has 1 aliphatic heterocycles. The van der Waals surface area contributed by atoms with Crippen LogP contribution in [0.1, 0.15) is 41.5 Å². The van der Waals surface area contributed by atoms with E-state index in [1.165, 1.54) is 12.3 Å². The van der Waals surface area contributed by atoms with E-state index < -0.39 is 0 Å². The quantitative estimate of drug-likeness (QED) is 0.354. The van der Waals surface area contributed by atoms with Gasteiger partial charge in [0.2, 0.25) is 0 Å². The third-order valence-electron chi connectivity index (χ3n) is 6.33. The fraction of sp³-hybridized carbons (Fsp3) is 0.643. The Bertz CT molecular complexity index is 816. The van der Waals surface area contributed by atoms with Gasteiger partial charge in [-0.25, -0.2) is 0 Å². The van der Waals surface area contributed by atoms with Gasteiger partial charge in [-0.1, -0.05) is 81.7 Å². The third kappa shape index (κ3) is 8.63. The highest BCUT2D eigenvalue weighted by molar-refractivity contribution is 7.63. The Balaban J connectivity index is 1.71. The van der Waals surface area contributed by atoms with Crippen LogP contribution in [0, 0.1) is 0 Å². The summed E-state index contributed by atoms with van der Waals surface area (Å²) < 4.78 is 24.3. The van der Waals surface area contributed by atoms with Gasteiger partial charge >= 0.3 is 0 Å². The van der Waals surface area contributed by atoms with Crippen molar-refractivity contribution in [2.75, 3.05) is 64.3 Å². The normalized spacial score (nSPS) is 22.6. The van der Waals surface area contributed by atoms with Gasteiger partial charge in [0.1, 0.15) is 13.2 Å². The van der Waals surface area contributed by atoms with E-state index >= 15 is 0 Å². The molecule has 1 heterocycles. The largest absolute Gasteiger partial charge is 0.487 e. The Morgan fingerprint density at radius 2 is 0.971 bits per heavy atom. The molecule has 0 saturated carbocycles. The third-order valence-corrected chi connectivity index (χ3v) is 13.5. The molecule has 0 N–H and O–H groups in total. The molecule has 3 rings (SSSR count). The Morgan fingerprint density at radius 3 is 1.35 bits per heavy atom. The van der Waals surface area contributed by atoms with Gasteiger partial charge in [0.05, 0.1) is 26.4 Å². The average Bonchev–Trinajstić information content (AvgIpc) is 2.76. The number of hydrogen-bond donors (Lipinski definition) is 0. The molecule has 4 nitrogen and oxygen atoms in total. The molecule has 0 spiro atoms. The van der Waals surface area contributed by atoms with E-state index in [0.717, 1.165) is 47.8 Å². The van der Waals surface area contributed by atoms with E-state index in [0.29, 0.717) is 36.7 Å². The van der Waals surface area contributed by atoms with Crippen LogP contribution in [0.2, 0.25) is 0 Å². The van der Waals surface area contributed by atoms with E-state index in [-0.39, 0.29) is 15.8 Å². The van der Waals surface area contributed by atoms with E-state index in [9.17, 15) is 0 Å². The van der Waals surface area contributed by atoms with Gasteiger partial charge in [0.15, 0.2) is 11.5 Å². The lowest BCUT2D eigenvalue weighted by atomic mass is 10.1. The van der Waals surface area contributed by atoms with E-state index in [1.54, 1.807) is 0 Å². The van der Waals surface area contributed by atoms with Crippen molar-refractivity contribution in [3.8, 4) is 11.5 Å². The Kier molecular flexibility index (Phi) is 10.5. The average molecular weight is 507 g/mol. The van der Waals surface area contributed by atoms with E-state index in [2.05, 4.69) is 65.8 Å². The standard InChI is InChI=1S/C28H44O4P2/c1-27(2,3)33-17-15-29-11-13-31-25-21-23-9-7-8-10-24(23)22-26(25)32-14-12-30-16-18-34(20-19-33)28(4,5)6/h7-10,21-22H,11-20H2,1-6H3/t33-,34+. The Hall–Kier alpha value is -0.920. The summed E-state index contributed by atoms with van der Waals surface area (Å²) in [5.74, 6) is 1.55. The van der Waals surface area contributed by atoms with Crippen LogP contribution in [0.15, 0.2) is 36.4 Å². The van der Waals surface area contributed by atoms with Gasteiger partial charge in [-0.05, 0) is 57.9 Å². The number of rotatable bonds is 0. The maximum atomic E-state index is 6.10. The molecule has 0 aromatic heterocycles. The maximum absolute atomic E-state index is 6.10. The second-order valence-corrected chi connectivity index (χ2v) is 17.5. The monoisotopic (exact) mass is 506 g/mol. The first-order valence-electron chi connectivity index (χ1n) is 12.6. The molecule has 0 aliphatic carbocycles. The number of ether oxygens (including phenoxy) is 4. The molecule has 0 bridgehead atoms. The highest BCUT2D eigenvalue weighted by Crippen LogP contribution is 2.55. The molecular weight excluding hydrogens is 462 g/mol. The predicted molar refractivity (Wildman–Crippen MR) is 149 cm³/mol. The second-order valence-electron chi connectivity index (χ2n) is 10.9. The van der Waals surface area contributed by atoms with Crippen LogP contribution in [0.5, 0.6) is 11.5 Å². The summed E-state index contributed by atoms with van der Waals surface area (Å²) in [5.41, 5.74) is 0. The van der Waals surface area contributed by atoms with Crippen molar-refractivity contribution in [3.05, 3.63) is 36.4 Å². The minimum Gasteiger partial charge on any atom is -0.487 e. The van der Waals surface area contributed by atoms with Crippen molar-refractivity contribution in [2.24, 2.45) is 0 Å². The fourth-order valence-corrected chi connectivity index (χ4v) is 9.97. The molecule has 0 unspecified atom stereocenters. The first kappa shape index (κ1) is 27.7. The highest BCUT2D eigenvalue weighted by Gasteiger charge is 2.28. The second kappa shape index (κ2) is 12.9. The molecule has 2 aromatic carbocycles. The zero-order valence-electron chi connectivity index (χ0n) is 22.1. The lowest BCUT2D eigenvalue weighted by Gasteiger charge is -2.36. The summed E-state index contributed by atoms with van der Waals surface area (Å²) in [4.78, 5) is 0. The molecule has 190 valence electrons. The van der Waals surface area contributed by atoms with Gasteiger partial charge in [-0.2, -0.15) is 0 Å². The molecule has 2 atom stereocenters. The molecule has 0 fully saturated rings. The van der Waals surface area contributed by atoms with Crippen LogP contribution in [0.4, 0.5) is 0 Å². The van der Waals surface area contributed by atoms with Crippen molar-refractivity contribution >= 4 is 26.6 Å². The van der Waals surface area contributed by atoms with Gasteiger partial charge in [-0.3, -0.25) is 0 Å². The van der Waals surface area contributed by atoms with Crippen molar-refractivity contribution in [2.45, 2.75) is 51.9 Å².